The van der Waals surface area contributed by atoms with E-state index in [1.165, 1.54) is 12.8 Å². The minimum absolute atomic E-state index is 0.137. The number of hydrogen-bond donors (Lipinski definition) is 2. The Balaban J connectivity index is 1.95. The molecule has 1 aromatic heterocycles. The molecule has 0 aromatic carbocycles. The molecule has 1 aliphatic rings. The Morgan fingerprint density at radius 3 is 3.12 bits per heavy atom. The summed E-state index contributed by atoms with van der Waals surface area (Å²) < 4.78 is 7.66. The summed E-state index contributed by atoms with van der Waals surface area (Å²) in [5.74, 6) is 5.63. The van der Waals surface area contributed by atoms with Crippen molar-refractivity contribution < 1.29 is 4.74 Å². The highest BCUT2D eigenvalue weighted by Crippen LogP contribution is 2.24. The van der Waals surface area contributed by atoms with E-state index in [9.17, 15) is 0 Å². The van der Waals surface area contributed by atoms with Gasteiger partial charge < -0.3 is 4.74 Å². The lowest BCUT2D eigenvalue weighted by Crippen LogP contribution is -2.32. The highest BCUT2D eigenvalue weighted by atomic mass is 16.5. The summed E-state index contributed by atoms with van der Waals surface area (Å²) in [4.78, 5) is 0. The highest BCUT2D eigenvalue weighted by Gasteiger charge is 2.20. The Morgan fingerprint density at radius 2 is 2.53 bits per heavy atom. The van der Waals surface area contributed by atoms with Crippen LogP contribution in [0.4, 0.5) is 0 Å². The van der Waals surface area contributed by atoms with Crippen molar-refractivity contribution in [3.05, 3.63) is 18.0 Å². The van der Waals surface area contributed by atoms with Crippen molar-refractivity contribution in [1.82, 2.24) is 15.2 Å². The van der Waals surface area contributed by atoms with Crippen molar-refractivity contribution in [2.45, 2.75) is 51.3 Å². The molecule has 1 saturated heterocycles. The van der Waals surface area contributed by atoms with E-state index < -0.39 is 0 Å². The van der Waals surface area contributed by atoms with Crippen molar-refractivity contribution in [2.24, 2.45) is 5.84 Å². The van der Waals surface area contributed by atoms with E-state index in [1.54, 1.807) is 0 Å². The molecule has 0 spiro atoms. The van der Waals surface area contributed by atoms with Gasteiger partial charge in [0.05, 0.1) is 18.3 Å². The third-order valence-electron chi connectivity index (χ3n) is 3.35. The zero-order valence-corrected chi connectivity index (χ0v) is 10.4. The molecular weight excluding hydrogens is 216 g/mol. The van der Waals surface area contributed by atoms with Crippen molar-refractivity contribution in [3.63, 3.8) is 0 Å². The maximum absolute atomic E-state index is 5.74. The number of ether oxygens (including phenoxy) is 1. The molecule has 0 saturated carbocycles. The Labute approximate surface area is 102 Å². The van der Waals surface area contributed by atoms with Crippen LogP contribution < -0.4 is 11.3 Å². The Hall–Kier alpha value is -0.910. The monoisotopic (exact) mass is 238 g/mol. The molecule has 96 valence electrons. The minimum atomic E-state index is 0.137. The molecule has 2 rings (SSSR count). The van der Waals surface area contributed by atoms with Gasteiger partial charge in [-0.05, 0) is 32.6 Å². The van der Waals surface area contributed by atoms with E-state index in [0.717, 1.165) is 31.6 Å². The first kappa shape index (κ1) is 12.5. The molecule has 0 bridgehead atoms. The van der Waals surface area contributed by atoms with Crippen LogP contribution in [0.5, 0.6) is 0 Å². The van der Waals surface area contributed by atoms with Crippen LogP contribution in [0.15, 0.2) is 12.4 Å². The summed E-state index contributed by atoms with van der Waals surface area (Å²) in [6, 6.07) is 0.137. The van der Waals surface area contributed by atoms with Crippen molar-refractivity contribution in [3.8, 4) is 0 Å². The summed E-state index contributed by atoms with van der Waals surface area (Å²) in [6.45, 7) is 3.85. The van der Waals surface area contributed by atoms with Gasteiger partial charge in [-0.1, -0.05) is 0 Å². The second-order valence-electron chi connectivity index (χ2n) is 4.57. The molecule has 17 heavy (non-hydrogen) atoms. The topological polar surface area (TPSA) is 65.1 Å². The summed E-state index contributed by atoms with van der Waals surface area (Å²) >= 11 is 0. The van der Waals surface area contributed by atoms with Crippen LogP contribution >= 0.6 is 0 Å². The molecule has 2 heterocycles. The molecule has 1 aromatic rings. The number of hydrogen-bond acceptors (Lipinski definition) is 4. The van der Waals surface area contributed by atoms with E-state index in [2.05, 4.69) is 17.4 Å². The van der Waals surface area contributed by atoms with Crippen LogP contribution in [0, 0.1) is 0 Å². The quantitative estimate of drug-likeness (QED) is 0.600. The molecule has 2 unspecified atom stereocenters. The fourth-order valence-electron chi connectivity index (χ4n) is 2.29. The molecular formula is C12H22N4O. The van der Waals surface area contributed by atoms with Crippen molar-refractivity contribution in [2.75, 3.05) is 6.61 Å². The third-order valence-corrected chi connectivity index (χ3v) is 3.35. The maximum atomic E-state index is 5.74. The fourth-order valence-corrected chi connectivity index (χ4v) is 2.29. The first-order valence-corrected chi connectivity index (χ1v) is 6.43. The number of nitrogens with one attached hydrogen (secondary N) is 1. The van der Waals surface area contributed by atoms with Crippen LogP contribution in [0.2, 0.25) is 0 Å². The zero-order valence-electron chi connectivity index (χ0n) is 10.4. The zero-order chi connectivity index (χ0) is 12.1. The maximum Gasteiger partial charge on any atom is 0.0593 e. The van der Waals surface area contributed by atoms with Gasteiger partial charge in [-0.25, -0.2) is 0 Å². The molecule has 5 heteroatoms. The molecule has 0 aliphatic carbocycles. The predicted octanol–water partition coefficient (Wildman–Crippen LogP) is 1.37. The summed E-state index contributed by atoms with van der Waals surface area (Å²) in [7, 11) is 0. The largest absolute Gasteiger partial charge is 0.378 e. The lowest BCUT2D eigenvalue weighted by atomic mass is 9.99. The SMILES string of the molecule is CCn1cc(C(CC2CCCCO2)NN)cn1. The van der Waals surface area contributed by atoms with Crippen LogP contribution in [0.1, 0.15) is 44.2 Å². The Bertz CT molecular complexity index is 333. The van der Waals surface area contributed by atoms with E-state index in [-0.39, 0.29) is 6.04 Å². The van der Waals surface area contributed by atoms with Gasteiger partial charge in [0.15, 0.2) is 0 Å². The van der Waals surface area contributed by atoms with E-state index in [4.69, 9.17) is 10.6 Å². The van der Waals surface area contributed by atoms with Gasteiger partial charge in [0, 0.05) is 24.9 Å². The molecule has 0 radical (unpaired) electrons. The smallest absolute Gasteiger partial charge is 0.0593 e. The van der Waals surface area contributed by atoms with Crippen LogP contribution in [0.3, 0.4) is 0 Å². The summed E-state index contributed by atoms with van der Waals surface area (Å²) in [5.41, 5.74) is 4.01. The molecule has 3 N–H and O–H groups in total. The fraction of sp³-hybridized carbons (Fsp3) is 0.750. The van der Waals surface area contributed by atoms with Crippen LogP contribution in [-0.2, 0) is 11.3 Å². The average Bonchev–Trinajstić information content (AvgIpc) is 2.86. The normalized spacial score (nSPS) is 22.6. The predicted molar refractivity (Wildman–Crippen MR) is 66.2 cm³/mol. The van der Waals surface area contributed by atoms with Gasteiger partial charge in [-0.15, -0.1) is 0 Å². The van der Waals surface area contributed by atoms with Gasteiger partial charge in [-0.3, -0.25) is 16.0 Å². The summed E-state index contributed by atoms with van der Waals surface area (Å²) in [6.07, 6.45) is 8.77. The second kappa shape index (κ2) is 6.14. The van der Waals surface area contributed by atoms with E-state index in [0.29, 0.717) is 6.10 Å². The third kappa shape index (κ3) is 3.28. The Kier molecular flexibility index (Phi) is 4.53. The standard InChI is InChI=1S/C12H22N4O/c1-2-16-9-10(8-14-16)12(15-13)7-11-5-3-4-6-17-11/h8-9,11-12,15H,2-7,13H2,1H3. The second-order valence-corrected chi connectivity index (χ2v) is 4.57. The van der Waals surface area contributed by atoms with Gasteiger partial charge in [0.25, 0.3) is 0 Å². The number of rotatable bonds is 5. The number of hydrazine groups is 1. The van der Waals surface area contributed by atoms with E-state index in [1.807, 2.05) is 17.1 Å². The molecule has 1 fully saturated rings. The lowest BCUT2D eigenvalue weighted by molar-refractivity contribution is 0.00502. The lowest BCUT2D eigenvalue weighted by Gasteiger charge is -2.26. The van der Waals surface area contributed by atoms with Crippen LogP contribution in [0.25, 0.3) is 0 Å². The Morgan fingerprint density at radius 1 is 1.65 bits per heavy atom. The van der Waals surface area contributed by atoms with E-state index >= 15 is 0 Å². The molecule has 0 amide bonds. The van der Waals surface area contributed by atoms with Crippen molar-refractivity contribution in [1.29, 1.82) is 0 Å². The van der Waals surface area contributed by atoms with Gasteiger partial charge >= 0.3 is 0 Å². The van der Waals surface area contributed by atoms with Gasteiger partial charge in [0.1, 0.15) is 0 Å². The number of nitrogens with zero attached hydrogens (tertiary/aromatic N) is 2. The molecule has 1 aliphatic heterocycles. The van der Waals surface area contributed by atoms with Crippen LogP contribution in [-0.4, -0.2) is 22.5 Å². The first-order chi connectivity index (χ1) is 8.33. The molecule has 5 nitrogen and oxygen atoms in total. The number of aromatic nitrogens is 2. The first-order valence-electron chi connectivity index (χ1n) is 6.43. The number of nitrogens with two attached hydrogens (primary N) is 1. The average molecular weight is 238 g/mol. The summed E-state index contributed by atoms with van der Waals surface area (Å²) in [5, 5.41) is 4.28. The minimum Gasteiger partial charge on any atom is -0.378 e. The van der Waals surface area contributed by atoms with Gasteiger partial charge in [-0.2, -0.15) is 5.10 Å². The molecule has 2 atom stereocenters. The highest BCUT2D eigenvalue weighted by molar-refractivity contribution is 5.10. The van der Waals surface area contributed by atoms with Gasteiger partial charge in [0.2, 0.25) is 0 Å². The van der Waals surface area contributed by atoms with Crippen molar-refractivity contribution >= 4 is 0 Å². The number of aryl methyl sites for hydroxylation is 1.